The Morgan fingerprint density at radius 3 is 2.26 bits per heavy atom. The van der Waals surface area contributed by atoms with Crippen molar-refractivity contribution < 1.29 is 22.8 Å². The summed E-state index contributed by atoms with van der Waals surface area (Å²) in [7, 11) is -3.79. The molecular weight excluding hydrogens is 392 g/mol. The van der Waals surface area contributed by atoms with Gasteiger partial charge in [-0.05, 0) is 49.4 Å². The topological polar surface area (TPSA) is 101 Å². The van der Waals surface area contributed by atoms with Gasteiger partial charge >= 0.3 is 0 Å². The number of anilines is 2. The molecule has 7 nitrogen and oxygen atoms in total. The van der Waals surface area contributed by atoms with Gasteiger partial charge in [0.25, 0.3) is 5.91 Å². The number of ketones is 1. The molecule has 2 amide bonds. The van der Waals surface area contributed by atoms with Gasteiger partial charge in [-0.1, -0.05) is 11.6 Å². The molecule has 0 atom stereocenters. The monoisotopic (exact) mass is 406 g/mol. The number of hydrogen-bond acceptors (Lipinski definition) is 5. The summed E-state index contributed by atoms with van der Waals surface area (Å²) < 4.78 is 24.9. The van der Waals surface area contributed by atoms with E-state index in [-0.39, 0.29) is 34.2 Å². The summed E-state index contributed by atoms with van der Waals surface area (Å²) in [4.78, 5) is 35.7. The van der Waals surface area contributed by atoms with E-state index in [1.54, 1.807) is 24.3 Å². The van der Waals surface area contributed by atoms with Crippen molar-refractivity contribution in [3.63, 3.8) is 0 Å². The highest BCUT2D eigenvalue weighted by atomic mass is 35.5. The molecule has 0 radical (unpaired) electrons. The molecule has 1 saturated heterocycles. The zero-order valence-electron chi connectivity index (χ0n) is 14.2. The lowest BCUT2D eigenvalue weighted by Gasteiger charge is -2.17. The SMILES string of the molecule is CC(=O)c1ccc(NC(=O)c2ccc(Cl)c(N3C(=O)CCS3(=O)=O)c2)cc1. The van der Waals surface area contributed by atoms with Gasteiger partial charge in [0.05, 0.1) is 16.5 Å². The Labute approximate surface area is 161 Å². The Balaban J connectivity index is 1.88. The number of halogens is 1. The number of rotatable bonds is 4. The molecule has 0 aliphatic carbocycles. The van der Waals surface area contributed by atoms with E-state index < -0.39 is 21.8 Å². The summed E-state index contributed by atoms with van der Waals surface area (Å²) in [5.74, 6) is -1.48. The molecule has 3 rings (SSSR count). The highest BCUT2D eigenvalue weighted by Crippen LogP contribution is 2.33. The molecule has 1 fully saturated rings. The first-order chi connectivity index (χ1) is 12.7. The average Bonchev–Trinajstić information content (AvgIpc) is 2.89. The van der Waals surface area contributed by atoms with Crippen LogP contribution in [0.5, 0.6) is 0 Å². The van der Waals surface area contributed by atoms with Crippen LogP contribution in [0.1, 0.15) is 34.1 Å². The van der Waals surface area contributed by atoms with E-state index in [1.807, 2.05) is 0 Å². The maximum atomic E-state index is 12.5. The maximum absolute atomic E-state index is 12.5. The number of sulfonamides is 1. The highest BCUT2D eigenvalue weighted by Gasteiger charge is 2.37. The molecule has 2 aromatic rings. The molecule has 0 aromatic heterocycles. The maximum Gasteiger partial charge on any atom is 0.255 e. The first kappa shape index (κ1) is 19.1. The fraction of sp³-hybridized carbons (Fsp3) is 0.167. The Hall–Kier alpha value is -2.71. The second-order valence-corrected chi connectivity index (χ2v) is 8.32. The summed E-state index contributed by atoms with van der Waals surface area (Å²) in [5, 5.41) is 2.70. The predicted octanol–water partition coefficient (Wildman–Crippen LogP) is 2.86. The molecular formula is C18H15ClN2O5S. The largest absolute Gasteiger partial charge is 0.322 e. The molecule has 0 bridgehead atoms. The van der Waals surface area contributed by atoms with E-state index in [4.69, 9.17) is 11.6 Å². The van der Waals surface area contributed by atoms with E-state index in [0.717, 1.165) is 0 Å². The van der Waals surface area contributed by atoms with Gasteiger partial charge in [-0.3, -0.25) is 14.4 Å². The molecule has 9 heteroatoms. The zero-order valence-corrected chi connectivity index (χ0v) is 15.8. The molecule has 0 saturated carbocycles. The van der Waals surface area contributed by atoms with Crippen LogP contribution >= 0.6 is 11.6 Å². The van der Waals surface area contributed by atoms with Crippen molar-refractivity contribution >= 4 is 50.6 Å². The molecule has 1 aliphatic heterocycles. The molecule has 27 heavy (non-hydrogen) atoms. The van der Waals surface area contributed by atoms with Gasteiger partial charge in [0, 0.05) is 23.2 Å². The number of nitrogens with zero attached hydrogens (tertiary/aromatic N) is 1. The minimum Gasteiger partial charge on any atom is -0.322 e. The van der Waals surface area contributed by atoms with Crippen LogP contribution in [-0.4, -0.2) is 31.8 Å². The van der Waals surface area contributed by atoms with Crippen molar-refractivity contribution in [1.29, 1.82) is 0 Å². The molecule has 0 unspecified atom stereocenters. The zero-order chi connectivity index (χ0) is 19.8. The van der Waals surface area contributed by atoms with E-state index in [9.17, 15) is 22.8 Å². The van der Waals surface area contributed by atoms with Crippen molar-refractivity contribution in [3.05, 3.63) is 58.6 Å². The minimum atomic E-state index is -3.79. The third kappa shape index (κ3) is 3.86. The number of Topliss-reactive ketones (excluding diaryl/α,β-unsaturated/α-hetero) is 1. The quantitative estimate of drug-likeness (QED) is 0.787. The Kier molecular flexibility index (Phi) is 5.03. The van der Waals surface area contributed by atoms with Gasteiger partial charge < -0.3 is 5.32 Å². The van der Waals surface area contributed by atoms with Gasteiger partial charge in [-0.2, -0.15) is 0 Å². The molecule has 1 heterocycles. The summed E-state index contributed by atoms with van der Waals surface area (Å²) in [6, 6.07) is 10.4. The van der Waals surface area contributed by atoms with Gasteiger partial charge in [-0.25, -0.2) is 12.7 Å². The lowest BCUT2D eigenvalue weighted by molar-refractivity contribution is -0.116. The summed E-state index contributed by atoms with van der Waals surface area (Å²) in [5.41, 5.74) is 1.07. The van der Waals surface area contributed by atoms with Crippen LogP contribution in [0.15, 0.2) is 42.5 Å². The highest BCUT2D eigenvalue weighted by molar-refractivity contribution is 7.94. The predicted molar refractivity (Wildman–Crippen MR) is 102 cm³/mol. The standard InChI is InChI=1S/C18H15ClN2O5S/c1-11(22)12-2-5-14(6-3-12)20-18(24)13-4-7-15(19)16(10-13)21-17(23)8-9-27(21,25)26/h2-7,10H,8-9H2,1H3,(H,20,24). The molecule has 0 spiro atoms. The van der Waals surface area contributed by atoms with Crippen LogP contribution < -0.4 is 9.62 Å². The van der Waals surface area contributed by atoms with Crippen molar-refractivity contribution in [2.45, 2.75) is 13.3 Å². The van der Waals surface area contributed by atoms with Gasteiger partial charge in [-0.15, -0.1) is 0 Å². The van der Waals surface area contributed by atoms with Crippen molar-refractivity contribution in [2.24, 2.45) is 0 Å². The third-order valence-corrected chi connectivity index (χ3v) is 6.05. The van der Waals surface area contributed by atoms with Crippen LogP contribution in [0.2, 0.25) is 5.02 Å². The van der Waals surface area contributed by atoms with Crippen molar-refractivity contribution in [1.82, 2.24) is 0 Å². The number of hydrogen-bond donors (Lipinski definition) is 1. The molecule has 1 N–H and O–H groups in total. The lowest BCUT2D eigenvalue weighted by Crippen LogP contribution is -2.29. The van der Waals surface area contributed by atoms with Crippen LogP contribution in [0.25, 0.3) is 0 Å². The number of nitrogens with one attached hydrogen (secondary N) is 1. The first-order valence-electron chi connectivity index (χ1n) is 7.97. The van der Waals surface area contributed by atoms with E-state index in [1.165, 1.54) is 25.1 Å². The van der Waals surface area contributed by atoms with E-state index in [2.05, 4.69) is 5.32 Å². The van der Waals surface area contributed by atoms with Gasteiger partial charge in [0.1, 0.15) is 0 Å². The Morgan fingerprint density at radius 2 is 1.70 bits per heavy atom. The summed E-state index contributed by atoms with van der Waals surface area (Å²) >= 11 is 6.06. The van der Waals surface area contributed by atoms with Crippen molar-refractivity contribution in [2.75, 3.05) is 15.4 Å². The van der Waals surface area contributed by atoms with E-state index >= 15 is 0 Å². The van der Waals surface area contributed by atoms with Gasteiger partial charge in [0.15, 0.2) is 5.78 Å². The van der Waals surface area contributed by atoms with E-state index in [0.29, 0.717) is 15.6 Å². The summed E-state index contributed by atoms with van der Waals surface area (Å²) in [6.07, 6.45) is -0.127. The third-order valence-electron chi connectivity index (χ3n) is 4.05. The second kappa shape index (κ2) is 7.13. The Morgan fingerprint density at radius 1 is 1.07 bits per heavy atom. The van der Waals surface area contributed by atoms with Crippen LogP contribution in [0.3, 0.4) is 0 Å². The normalized spacial score (nSPS) is 15.6. The summed E-state index contributed by atoms with van der Waals surface area (Å²) in [6.45, 7) is 1.44. The second-order valence-electron chi connectivity index (χ2n) is 5.98. The van der Waals surface area contributed by atoms with Crippen LogP contribution in [-0.2, 0) is 14.8 Å². The molecule has 1 aliphatic rings. The van der Waals surface area contributed by atoms with Gasteiger partial charge in [0.2, 0.25) is 15.9 Å². The number of amides is 2. The molecule has 2 aromatic carbocycles. The number of carbonyl (C=O) groups is 3. The van der Waals surface area contributed by atoms with Crippen molar-refractivity contribution in [3.8, 4) is 0 Å². The fourth-order valence-corrected chi connectivity index (χ4v) is 4.37. The minimum absolute atomic E-state index is 0.0428. The average molecular weight is 407 g/mol. The lowest BCUT2D eigenvalue weighted by atomic mass is 10.1. The smallest absolute Gasteiger partial charge is 0.255 e. The number of carbonyl (C=O) groups excluding carboxylic acids is 3. The Bertz CT molecular complexity index is 1050. The molecule has 140 valence electrons. The van der Waals surface area contributed by atoms with Crippen LogP contribution in [0, 0.1) is 0 Å². The van der Waals surface area contributed by atoms with Crippen LogP contribution in [0.4, 0.5) is 11.4 Å². The fourth-order valence-electron chi connectivity index (χ4n) is 2.65. The number of benzene rings is 2. The first-order valence-corrected chi connectivity index (χ1v) is 9.95.